The monoisotopic (exact) mass is 221 g/mol. The van der Waals surface area contributed by atoms with E-state index in [4.69, 9.17) is 0 Å². The third-order valence-corrected chi connectivity index (χ3v) is 4.32. The molecule has 0 saturated carbocycles. The van der Waals surface area contributed by atoms with Crippen LogP contribution in [0.5, 0.6) is 0 Å². The molecule has 0 N–H and O–H groups in total. The molecule has 0 unspecified atom stereocenters. The van der Waals surface area contributed by atoms with Crippen molar-refractivity contribution in [2.75, 3.05) is 12.3 Å². The lowest BCUT2D eigenvalue weighted by atomic mass is 10.2. The molecule has 0 aromatic rings. The van der Waals surface area contributed by atoms with E-state index in [0.717, 1.165) is 18.7 Å². The summed E-state index contributed by atoms with van der Waals surface area (Å²) in [5.41, 5.74) is 0. The van der Waals surface area contributed by atoms with Gasteiger partial charge in [0.25, 0.3) is 0 Å². The van der Waals surface area contributed by atoms with E-state index in [1.54, 1.807) is 0 Å². The van der Waals surface area contributed by atoms with Gasteiger partial charge in [-0.2, -0.15) is 0 Å². The Hall–Kier alpha value is 0.300. The Balaban J connectivity index is 2.00. The lowest BCUT2D eigenvalue weighted by Crippen LogP contribution is -2.56. The number of carbonyl (C=O) groups excluding carboxylic acids is 1. The predicted octanol–water partition coefficient (Wildman–Crippen LogP) is 1.06. The fourth-order valence-electron chi connectivity index (χ4n) is 1.27. The molecule has 2 atom stereocenters. The van der Waals surface area contributed by atoms with Crippen LogP contribution in [0.3, 0.4) is 0 Å². The number of hydrogen-bond donors (Lipinski definition) is 0. The van der Waals surface area contributed by atoms with Gasteiger partial charge in [0.1, 0.15) is 0 Å². The van der Waals surface area contributed by atoms with Crippen LogP contribution in [0, 0.1) is 0 Å². The Labute approximate surface area is 72.5 Å². The Morgan fingerprint density at radius 3 is 3.10 bits per heavy atom. The van der Waals surface area contributed by atoms with Crippen molar-refractivity contribution < 1.29 is 4.79 Å². The first-order valence-electron chi connectivity index (χ1n) is 3.32. The van der Waals surface area contributed by atoms with Gasteiger partial charge < -0.3 is 4.90 Å². The second kappa shape index (κ2) is 2.41. The standard InChI is InChI=1S/C6H8BrNOS/c7-4-2-8-5(9)1-6(8)10-3-4/h4,6H,1-3H2/t4-,6+/m0/s1. The van der Waals surface area contributed by atoms with Crippen LogP contribution in [0.1, 0.15) is 6.42 Å². The van der Waals surface area contributed by atoms with Crippen molar-refractivity contribution in [3.8, 4) is 0 Å². The van der Waals surface area contributed by atoms with Crippen molar-refractivity contribution in [2.24, 2.45) is 0 Å². The first-order chi connectivity index (χ1) is 4.77. The molecular formula is C6H8BrNOS. The highest BCUT2D eigenvalue weighted by atomic mass is 79.9. The van der Waals surface area contributed by atoms with Gasteiger partial charge in [-0.3, -0.25) is 4.79 Å². The molecule has 0 aliphatic carbocycles. The zero-order valence-corrected chi connectivity index (χ0v) is 7.82. The van der Waals surface area contributed by atoms with Gasteiger partial charge in [-0.25, -0.2) is 0 Å². The molecule has 0 radical (unpaired) electrons. The van der Waals surface area contributed by atoms with E-state index in [1.807, 2.05) is 16.7 Å². The summed E-state index contributed by atoms with van der Waals surface area (Å²) in [5, 5.41) is 0.515. The Morgan fingerprint density at radius 1 is 1.70 bits per heavy atom. The van der Waals surface area contributed by atoms with Gasteiger partial charge in [-0.1, -0.05) is 15.9 Å². The van der Waals surface area contributed by atoms with E-state index in [1.165, 1.54) is 0 Å². The van der Waals surface area contributed by atoms with E-state index in [0.29, 0.717) is 16.1 Å². The molecule has 2 rings (SSSR count). The van der Waals surface area contributed by atoms with E-state index >= 15 is 0 Å². The van der Waals surface area contributed by atoms with E-state index in [9.17, 15) is 4.79 Å². The van der Waals surface area contributed by atoms with Crippen LogP contribution < -0.4 is 0 Å². The number of thioether (sulfide) groups is 1. The van der Waals surface area contributed by atoms with Gasteiger partial charge in [0.15, 0.2) is 0 Å². The molecule has 2 aliphatic heterocycles. The minimum absolute atomic E-state index is 0.321. The summed E-state index contributed by atoms with van der Waals surface area (Å²) in [7, 11) is 0. The van der Waals surface area contributed by atoms with Crippen molar-refractivity contribution in [2.45, 2.75) is 16.6 Å². The number of amides is 1. The summed E-state index contributed by atoms with van der Waals surface area (Å²) in [6, 6.07) is 0. The highest BCUT2D eigenvalue weighted by molar-refractivity contribution is 9.09. The highest BCUT2D eigenvalue weighted by Crippen LogP contribution is 2.35. The fourth-order valence-corrected chi connectivity index (χ4v) is 3.23. The van der Waals surface area contributed by atoms with Gasteiger partial charge in [0, 0.05) is 17.1 Å². The topological polar surface area (TPSA) is 20.3 Å². The predicted molar refractivity (Wildman–Crippen MR) is 45.3 cm³/mol. The molecule has 0 aromatic heterocycles. The van der Waals surface area contributed by atoms with Crippen LogP contribution in [-0.4, -0.2) is 33.3 Å². The summed E-state index contributed by atoms with van der Waals surface area (Å²) in [6.45, 7) is 0.913. The fraction of sp³-hybridized carbons (Fsp3) is 0.833. The number of hydrogen-bond acceptors (Lipinski definition) is 2. The third kappa shape index (κ3) is 0.975. The van der Waals surface area contributed by atoms with E-state index in [-0.39, 0.29) is 0 Å². The number of alkyl halides is 1. The summed E-state index contributed by atoms with van der Waals surface area (Å²) in [4.78, 5) is 13.4. The van der Waals surface area contributed by atoms with Gasteiger partial charge in [-0.15, -0.1) is 11.8 Å². The van der Waals surface area contributed by atoms with Crippen molar-refractivity contribution >= 4 is 33.6 Å². The maximum absolute atomic E-state index is 10.9. The molecule has 0 spiro atoms. The number of rotatable bonds is 0. The van der Waals surface area contributed by atoms with Crippen LogP contribution in [0.4, 0.5) is 0 Å². The SMILES string of the molecule is O=C1C[C@H]2SC[C@@H](Br)CN12. The summed E-state index contributed by atoms with van der Waals surface area (Å²) >= 11 is 5.39. The van der Waals surface area contributed by atoms with Crippen LogP contribution >= 0.6 is 27.7 Å². The zero-order valence-electron chi connectivity index (χ0n) is 5.42. The molecular weight excluding hydrogens is 214 g/mol. The maximum atomic E-state index is 10.9. The third-order valence-electron chi connectivity index (χ3n) is 1.88. The van der Waals surface area contributed by atoms with Crippen molar-refractivity contribution in [3.63, 3.8) is 0 Å². The lowest BCUT2D eigenvalue weighted by molar-refractivity contribution is -0.141. The van der Waals surface area contributed by atoms with E-state index in [2.05, 4.69) is 15.9 Å². The van der Waals surface area contributed by atoms with Gasteiger partial charge >= 0.3 is 0 Å². The molecule has 2 nitrogen and oxygen atoms in total. The molecule has 4 heteroatoms. The average Bonchev–Trinajstić information content (AvgIpc) is 1.92. The Bertz CT molecular complexity index is 175. The quantitative estimate of drug-likeness (QED) is 0.451. The first kappa shape index (κ1) is 6.98. The molecule has 2 fully saturated rings. The second-order valence-corrected chi connectivity index (χ2v) is 5.14. The Morgan fingerprint density at radius 2 is 2.50 bits per heavy atom. The number of halogens is 1. The average molecular weight is 222 g/mol. The summed E-state index contributed by atoms with van der Waals surface area (Å²) < 4.78 is 0. The van der Waals surface area contributed by atoms with Gasteiger partial charge in [0.2, 0.25) is 5.91 Å². The van der Waals surface area contributed by atoms with Crippen LogP contribution in [0.15, 0.2) is 0 Å². The zero-order chi connectivity index (χ0) is 7.14. The molecule has 0 aromatic carbocycles. The maximum Gasteiger partial charge on any atom is 0.226 e. The minimum atomic E-state index is 0.321. The molecule has 2 saturated heterocycles. The smallest absolute Gasteiger partial charge is 0.226 e. The highest BCUT2D eigenvalue weighted by Gasteiger charge is 2.40. The number of fused-ring (bicyclic) bond motifs is 1. The van der Waals surface area contributed by atoms with Crippen LogP contribution in [-0.2, 0) is 4.79 Å². The largest absolute Gasteiger partial charge is 0.329 e. The second-order valence-electron chi connectivity index (χ2n) is 2.64. The Kier molecular flexibility index (Phi) is 1.68. The molecule has 10 heavy (non-hydrogen) atoms. The van der Waals surface area contributed by atoms with E-state index < -0.39 is 0 Å². The van der Waals surface area contributed by atoms with Crippen molar-refractivity contribution in [3.05, 3.63) is 0 Å². The van der Waals surface area contributed by atoms with Gasteiger partial charge in [0.05, 0.1) is 11.8 Å². The minimum Gasteiger partial charge on any atom is -0.329 e. The lowest BCUT2D eigenvalue weighted by Gasteiger charge is -2.44. The van der Waals surface area contributed by atoms with Crippen LogP contribution in [0.2, 0.25) is 0 Å². The molecule has 0 bridgehead atoms. The summed E-state index contributed by atoms with van der Waals surface area (Å²) in [6.07, 6.45) is 0.768. The van der Waals surface area contributed by atoms with Crippen molar-refractivity contribution in [1.29, 1.82) is 0 Å². The molecule has 2 heterocycles. The summed E-state index contributed by atoms with van der Waals surface area (Å²) in [5.74, 6) is 1.47. The van der Waals surface area contributed by atoms with Crippen LogP contribution in [0.25, 0.3) is 0 Å². The molecule has 56 valence electrons. The number of nitrogens with zero attached hydrogens (tertiary/aromatic N) is 1. The molecule has 2 aliphatic rings. The van der Waals surface area contributed by atoms with Gasteiger partial charge in [-0.05, 0) is 0 Å². The number of β-lactam (4-membered cyclic amide) rings is 1. The number of carbonyl (C=O) groups is 1. The first-order valence-corrected chi connectivity index (χ1v) is 5.29. The van der Waals surface area contributed by atoms with Crippen molar-refractivity contribution in [1.82, 2.24) is 4.90 Å². The normalized spacial score (nSPS) is 38.9. The molecule has 1 amide bonds.